The molecule has 3 aromatic rings. The predicted molar refractivity (Wildman–Crippen MR) is 121 cm³/mol. The molecule has 0 bridgehead atoms. The third-order valence-electron chi connectivity index (χ3n) is 4.24. The molecule has 158 valence electrons. The number of anilines is 1. The van der Waals surface area contributed by atoms with E-state index in [9.17, 15) is 4.79 Å². The van der Waals surface area contributed by atoms with E-state index in [1.165, 1.54) is 11.8 Å². The summed E-state index contributed by atoms with van der Waals surface area (Å²) >= 11 is 4.72. The molecule has 3 rings (SSSR count). The number of carbonyl (C=O) groups excluding carboxylic acids is 1. The second-order valence-electron chi connectivity index (χ2n) is 6.37. The summed E-state index contributed by atoms with van der Waals surface area (Å²) in [6.07, 6.45) is -0.310. The average molecular weight is 491 g/mol. The lowest BCUT2D eigenvalue weighted by Crippen LogP contribution is -2.15. The lowest BCUT2D eigenvalue weighted by molar-refractivity contribution is -0.113. The summed E-state index contributed by atoms with van der Waals surface area (Å²) in [5, 5.41) is 12.1. The largest absolute Gasteiger partial charge is 0.497 e. The highest BCUT2D eigenvalue weighted by atomic mass is 79.9. The molecule has 0 radical (unpaired) electrons. The van der Waals surface area contributed by atoms with Crippen LogP contribution in [0.15, 0.2) is 58.2 Å². The zero-order valence-electron chi connectivity index (χ0n) is 17.0. The van der Waals surface area contributed by atoms with Gasteiger partial charge in [-0.25, -0.2) is 0 Å². The van der Waals surface area contributed by atoms with Crippen molar-refractivity contribution >= 4 is 39.3 Å². The van der Waals surface area contributed by atoms with Crippen LogP contribution in [0.25, 0.3) is 0 Å². The van der Waals surface area contributed by atoms with Crippen LogP contribution in [0.1, 0.15) is 25.8 Å². The minimum atomic E-state index is -0.310. The van der Waals surface area contributed by atoms with Crippen molar-refractivity contribution < 1.29 is 14.3 Å². The van der Waals surface area contributed by atoms with Gasteiger partial charge in [0.15, 0.2) is 17.1 Å². The normalized spacial score (nSPS) is 11.7. The van der Waals surface area contributed by atoms with Crippen molar-refractivity contribution in [2.24, 2.45) is 0 Å². The number of thioether (sulfide) groups is 1. The number of nitrogens with zero attached hydrogens (tertiary/aromatic N) is 3. The van der Waals surface area contributed by atoms with Gasteiger partial charge in [0.2, 0.25) is 5.91 Å². The number of amides is 1. The third kappa shape index (κ3) is 5.76. The third-order valence-corrected chi connectivity index (χ3v) is 5.74. The Hall–Kier alpha value is -2.52. The van der Waals surface area contributed by atoms with Gasteiger partial charge in [-0.3, -0.25) is 4.79 Å². The molecule has 1 heterocycles. The van der Waals surface area contributed by atoms with Gasteiger partial charge in [0.1, 0.15) is 11.5 Å². The minimum absolute atomic E-state index is 0.102. The van der Waals surface area contributed by atoms with Crippen molar-refractivity contribution in [3.05, 3.63) is 58.8 Å². The molecule has 30 heavy (non-hydrogen) atoms. The topological polar surface area (TPSA) is 78.3 Å². The summed E-state index contributed by atoms with van der Waals surface area (Å²) < 4.78 is 14.2. The Morgan fingerprint density at radius 3 is 2.63 bits per heavy atom. The second-order valence-corrected chi connectivity index (χ2v) is 8.23. The zero-order valence-corrected chi connectivity index (χ0v) is 19.4. The number of rotatable bonds is 9. The number of carbonyl (C=O) groups is 1. The maximum atomic E-state index is 12.3. The van der Waals surface area contributed by atoms with E-state index in [2.05, 4.69) is 31.4 Å². The summed E-state index contributed by atoms with van der Waals surface area (Å²) in [4.78, 5) is 12.3. The quantitative estimate of drug-likeness (QED) is 0.428. The molecule has 0 aliphatic rings. The fraction of sp³-hybridized carbons (Fsp3) is 0.286. The van der Waals surface area contributed by atoms with E-state index in [0.29, 0.717) is 23.3 Å². The zero-order chi connectivity index (χ0) is 21.5. The molecule has 1 atom stereocenters. The molecule has 2 aromatic carbocycles. The van der Waals surface area contributed by atoms with Gasteiger partial charge in [-0.1, -0.05) is 33.8 Å². The lowest BCUT2D eigenvalue weighted by Gasteiger charge is -2.16. The molecular formula is C21H23BrN4O3S. The van der Waals surface area contributed by atoms with E-state index in [4.69, 9.17) is 9.47 Å². The molecule has 1 N–H and O–H groups in total. The summed E-state index contributed by atoms with van der Waals surface area (Å²) in [5.74, 6) is 2.26. The van der Waals surface area contributed by atoms with Gasteiger partial charge in [0.25, 0.3) is 0 Å². The Morgan fingerprint density at radius 2 is 1.93 bits per heavy atom. The van der Waals surface area contributed by atoms with E-state index in [1.54, 1.807) is 7.11 Å². The molecule has 1 amide bonds. The van der Waals surface area contributed by atoms with E-state index < -0.39 is 0 Å². The standard InChI is InChI=1S/C21H23BrN4O3S/c1-4-26-20(14(2)29-18-7-5-6-17(12-18)28-3)24-25-21(26)30-13-19(27)23-16-10-8-15(22)9-11-16/h5-12,14H,4,13H2,1-3H3,(H,23,27). The maximum Gasteiger partial charge on any atom is 0.234 e. The Balaban J connectivity index is 1.62. The minimum Gasteiger partial charge on any atom is -0.497 e. The number of ether oxygens (including phenoxy) is 2. The number of nitrogens with one attached hydrogen (secondary N) is 1. The molecule has 0 saturated heterocycles. The molecule has 0 spiro atoms. The first-order valence-electron chi connectivity index (χ1n) is 9.42. The number of aromatic nitrogens is 3. The summed E-state index contributed by atoms with van der Waals surface area (Å²) in [7, 11) is 1.62. The Morgan fingerprint density at radius 1 is 1.20 bits per heavy atom. The van der Waals surface area contributed by atoms with Gasteiger partial charge < -0.3 is 19.4 Å². The van der Waals surface area contributed by atoms with Gasteiger partial charge in [-0.2, -0.15) is 0 Å². The molecule has 9 heteroatoms. The molecular weight excluding hydrogens is 468 g/mol. The number of halogens is 1. The van der Waals surface area contributed by atoms with E-state index >= 15 is 0 Å². The highest BCUT2D eigenvalue weighted by Gasteiger charge is 2.19. The first-order chi connectivity index (χ1) is 14.5. The number of hydrogen-bond acceptors (Lipinski definition) is 6. The van der Waals surface area contributed by atoms with Crippen LogP contribution in [-0.2, 0) is 11.3 Å². The fourth-order valence-corrected chi connectivity index (χ4v) is 3.87. The SMILES string of the molecule is CCn1c(SCC(=O)Nc2ccc(Br)cc2)nnc1C(C)Oc1cccc(OC)c1. The summed E-state index contributed by atoms with van der Waals surface area (Å²) in [6.45, 7) is 4.60. The Labute approximate surface area is 188 Å². The monoisotopic (exact) mass is 490 g/mol. The van der Waals surface area contributed by atoms with Crippen molar-refractivity contribution in [2.75, 3.05) is 18.2 Å². The van der Waals surface area contributed by atoms with Crippen LogP contribution in [0, 0.1) is 0 Å². The molecule has 0 fully saturated rings. The lowest BCUT2D eigenvalue weighted by atomic mass is 10.3. The van der Waals surface area contributed by atoms with Gasteiger partial charge in [0.05, 0.1) is 12.9 Å². The Bertz CT molecular complexity index is 994. The van der Waals surface area contributed by atoms with Crippen molar-refractivity contribution in [3.63, 3.8) is 0 Å². The van der Waals surface area contributed by atoms with Crippen LogP contribution in [0.2, 0.25) is 0 Å². The highest BCUT2D eigenvalue weighted by molar-refractivity contribution is 9.10. The number of benzene rings is 2. The van der Waals surface area contributed by atoms with E-state index in [-0.39, 0.29) is 17.8 Å². The maximum absolute atomic E-state index is 12.3. The smallest absolute Gasteiger partial charge is 0.234 e. The van der Waals surface area contributed by atoms with Gasteiger partial charge in [0, 0.05) is 22.8 Å². The predicted octanol–water partition coefficient (Wildman–Crippen LogP) is 4.94. The van der Waals surface area contributed by atoms with Crippen LogP contribution in [0.4, 0.5) is 5.69 Å². The number of hydrogen-bond donors (Lipinski definition) is 1. The molecule has 0 aliphatic heterocycles. The van der Waals surface area contributed by atoms with Crippen LogP contribution in [0.3, 0.4) is 0 Å². The van der Waals surface area contributed by atoms with Gasteiger partial charge in [-0.15, -0.1) is 10.2 Å². The van der Waals surface area contributed by atoms with E-state index in [0.717, 1.165) is 15.9 Å². The first kappa shape index (κ1) is 22.2. The van der Waals surface area contributed by atoms with Crippen LogP contribution in [-0.4, -0.2) is 33.5 Å². The van der Waals surface area contributed by atoms with Crippen molar-refractivity contribution in [2.45, 2.75) is 31.7 Å². The highest BCUT2D eigenvalue weighted by Crippen LogP contribution is 2.27. The van der Waals surface area contributed by atoms with Crippen LogP contribution in [0.5, 0.6) is 11.5 Å². The molecule has 0 aliphatic carbocycles. The van der Waals surface area contributed by atoms with Gasteiger partial charge in [-0.05, 0) is 50.2 Å². The van der Waals surface area contributed by atoms with Crippen molar-refractivity contribution in [3.8, 4) is 11.5 Å². The van der Waals surface area contributed by atoms with E-state index in [1.807, 2.05) is 66.9 Å². The van der Waals surface area contributed by atoms with Crippen molar-refractivity contribution in [1.82, 2.24) is 14.8 Å². The number of methoxy groups -OCH3 is 1. The first-order valence-corrected chi connectivity index (χ1v) is 11.2. The summed E-state index contributed by atoms with van der Waals surface area (Å²) in [6, 6.07) is 14.9. The Kier molecular flexibility index (Phi) is 7.75. The summed E-state index contributed by atoms with van der Waals surface area (Å²) in [5.41, 5.74) is 0.752. The average Bonchev–Trinajstić information content (AvgIpc) is 3.17. The fourth-order valence-electron chi connectivity index (χ4n) is 2.80. The molecule has 0 saturated carbocycles. The molecule has 7 nitrogen and oxygen atoms in total. The van der Waals surface area contributed by atoms with Gasteiger partial charge >= 0.3 is 0 Å². The van der Waals surface area contributed by atoms with Crippen LogP contribution >= 0.6 is 27.7 Å². The van der Waals surface area contributed by atoms with Crippen molar-refractivity contribution in [1.29, 1.82) is 0 Å². The molecule has 1 unspecified atom stereocenters. The second kappa shape index (κ2) is 10.5. The molecule has 1 aromatic heterocycles. The van der Waals surface area contributed by atoms with Crippen LogP contribution < -0.4 is 14.8 Å².